The Bertz CT molecular complexity index is 1160. The maximum absolute atomic E-state index is 13.9. The van der Waals surface area contributed by atoms with Crippen molar-refractivity contribution in [1.29, 1.82) is 0 Å². The van der Waals surface area contributed by atoms with Gasteiger partial charge in [-0.25, -0.2) is 23.1 Å². The van der Waals surface area contributed by atoms with Gasteiger partial charge in [-0.3, -0.25) is 4.79 Å². The van der Waals surface area contributed by atoms with E-state index in [4.69, 9.17) is 11.5 Å². The lowest BCUT2D eigenvalue weighted by atomic mass is 10.00. The fraction of sp³-hybridized carbons (Fsp3) is 0.261. The molecule has 1 aliphatic rings. The highest BCUT2D eigenvalue weighted by Crippen LogP contribution is 2.35. The van der Waals surface area contributed by atoms with Crippen molar-refractivity contribution in [3.63, 3.8) is 0 Å². The lowest BCUT2D eigenvalue weighted by Gasteiger charge is -2.26. The number of nitrogens with zero attached hydrogens (tertiary/aromatic N) is 3. The van der Waals surface area contributed by atoms with Gasteiger partial charge in [0.2, 0.25) is 0 Å². The maximum Gasteiger partial charge on any atom is 0.254 e. The summed E-state index contributed by atoms with van der Waals surface area (Å²) in [5.74, 6) is -1.96. The minimum Gasteiger partial charge on any atom is -0.383 e. The van der Waals surface area contributed by atoms with Crippen molar-refractivity contribution in [2.45, 2.75) is 19.4 Å². The number of hydrogen-bond acceptors (Lipinski definition) is 6. The van der Waals surface area contributed by atoms with Crippen molar-refractivity contribution < 1.29 is 18.0 Å². The summed E-state index contributed by atoms with van der Waals surface area (Å²) in [5, 5.41) is 2.63. The molecular formula is C23H25F3N6O. The Hall–Kier alpha value is -3.66. The van der Waals surface area contributed by atoms with Crippen LogP contribution in [0.3, 0.4) is 0 Å². The molecule has 1 aromatic heterocycles. The van der Waals surface area contributed by atoms with Gasteiger partial charge in [0.25, 0.3) is 5.91 Å². The van der Waals surface area contributed by atoms with Crippen LogP contribution in [0.25, 0.3) is 11.1 Å². The average Bonchev–Trinajstić information content (AvgIpc) is 3.15. The molecule has 1 fully saturated rings. The fourth-order valence-corrected chi connectivity index (χ4v) is 3.77. The monoisotopic (exact) mass is 458 g/mol. The number of anilines is 2. The summed E-state index contributed by atoms with van der Waals surface area (Å²) in [5.41, 5.74) is 12.7. The molecule has 0 saturated carbocycles. The third-order valence-corrected chi connectivity index (χ3v) is 5.45. The normalized spacial score (nSPS) is 17.5. The number of carbonyl (C=O) groups is 1. The van der Waals surface area contributed by atoms with E-state index >= 15 is 0 Å². The predicted molar refractivity (Wildman–Crippen MR) is 121 cm³/mol. The topological polar surface area (TPSA) is 110 Å². The number of benzene rings is 2. The first-order valence-corrected chi connectivity index (χ1v) is 9.89. The summed E-state index contributed by atoms with van der Waals surface area (Å²) in [6.07, 6.45) is 1.86. The van der Waals surface area contributed by atoms with Gasteiger partial charge in [-0.05, 0) is 36.2 Å². The average molecular weight is 458 g/mol. The standard InChI is InChI=1S/C22H21F3N6O.CH4/c23-14-3-1-13(2-4-14)18-19(26)29-12-30-20(18)31-8-7-22(27,11-31)10-28-21(32)16-6-5-15(24)9-17(16)25;/h1-6,9,12H,7-8,10-11,27H2,(H,28,32)(H2,26,29,30);1H4/t22-;/m0./s1. The van der Waals surface area contributed by atoms with Crippen LogP contribution in [-0.4, -0.2) is 41.0 Å². The number of rotatable bonds is 5. The second-order valence-corrected chi connectivity index (χ2v) is 7.81. The Balaban J connectivity index is 0.00000306. The van der Waals surface area contributed by atoms with E-state index in [-0.39, 0.29) is 31.2 Å². The summed E-state index contributed by atoms with van der Waals surface area (Å²) >= 11 is 0. The van der Waals surface area contributed by atoms with Crippen molar-refractivity contribution in [2.75, 3.05) is 30.3 Å². The molecular weight excluding hydrogens is 433 g/mol. The van der Waals surface area contributed by atoms with Crippen molar-refractivity contribution in [1.82, 2.24) is 15.3 Å². The molecule has 10 heteroatoms. The largest absolute Gasteiger partial charge is 0.383 e. The number of aromatic nitrogens is 2. The van der Waals surface area contributed by atoms with E-state index in [2.05, 4.69) is 15.3 Å². The van der Waals surface area contributed by atoms with Crippen LogP contribution < -0.4 is 21.7 Å². The second kappa shape index (κ2) is 9.45. The molecule has 0 spiro atoms. The molecule has 1 saturated heterocycles. The summed E-state index contributed by atoms with van der Waals surface area (Å²) in [6, 6.07) is 8.60. The molecule has 0 radical (unpaired) electrons. The first kappa shape index (κ1) is 24.0. The van der Waals surface area contributed by atoms with Gasteiger partial charge in [-0.2, -0.15) is 0 Å². The van der Waals surface area contributed by atoms with Crippen LogP contribution in [0.4, 0.5) is 24.8 Å². The Morgan fingerprint density at radius 1 is 1.09 bits per heavy atom. The minimum absolute atomic E-state index is 0. The van der Waals surface area contributed by atoms with Crippen molar-refractivity contribution >= 4 is 17.5 Å². The molecule has 0 unspecified atom stereocenters. The van der Waals surface area contributed by atoms with Gasteiger partial charge >= 0.3 is 0 Å². The highest BCUT2D eigenvalue weighted by molar-refractivity contribution is 5.94. The number of carbonyl (C=O) groups excluding carboxylic acids is 1. The summed E-state index contributed by atoms with van der Waals surface area (Å²) in [7, 11) is 0. The SMILES string of the molecule is C.Nc1ncnc(N2CC[C@](N)(CNC(=O)c3ccc(F)cc3F)C2)c1-c1ccc(F)cc1. The van der Waals surface area contributed by atoms with E-state index in [9.17, 15) is 18.0 Å². The molecule has 1 atom stereocenters. The number of nitrogens with one attached hydrogen (secondary N) is 1. The fourth-order valence-electron chi connectivity index (χ4n) is 3.77. The molecule has 174 valence electrons. The molecule has 5 N–H and O–H groups in total. The van der Waals surface area contributed by atoms with E-state index in [0.717, 1.165) is 12.1 Å². The molecule has 0 aliphatic carbocycles. The molecule has 2 heterocycles. The van der Waals surface area contributed by atoms with Crippen LogP contribution in [0, 0.1) is 17.5 Å². The van der Waals surface area contributed by atoms with Gasteiger partial charge in [0, 0.05) is 25.7 Å². The van der Waals surface area contributed by atoms with Crippen molar-refractivity contribution in [3.8, 4) is 11.1 Å². The van der Waals surface area contributed by atoms with Gasteiger partial charge in [0.15, 0.2) is 0 Å². The molecule has 1 aliphatic heterocycles. The van der Waals surface area contributed by atoms with E-state index in [1.807, 2.05) is 4.90 Å². The summed E-state index contributed by atoms with van der Waals surface area (Å²) < 4.78 is 40.3. The highest BCUT2D eigenvalue weighted by Gasteiger charge is 2.37. The number of hydrogen-bond donors (Lipinski definition) is 3. The second-order valence-electron chi connectivity index (χ2n) is 7.81. The van der Waals surface area contributed by atoms with Crippen molar-refractivity contribution in [2.24, 2.45) is 5.73 Å². The molecule has 0 bridgehead atoms. The van der Waals surface area contributed by atoms with Crippen LogP contribution in [0.15, 0.2) is 48.8 Å². The Labute approximate surface area is 189 Å². The van der Waals surface area contributed by atoms with Gasteiger partial charge in [0.1, 0.15) is 35.4 Å². The zero-order valence-electron chi connectivity index (χ0n) is 17.0. The summed E-state index contributed by atoms with van der Waals surface area (Å²) in [4.78, 5) is 22.7. The van der Waals surface area contributed by atoms with E-state index in [1.165, 1.54) is 18.5 Å². The first-order valence-electron chi connectivity index (χ1n) is 9.89. The molecule has 7 nitrogen and oxygen atoms in total. The van der Waals surface area contributed by atoms with Crippen LogP contribution in [-0.2, 0) is 0 Å². The molecule has 33 heavy (non-hydrogen) atoms. The Morgan fingerprint density at radius 3 is 2.48 bits per heavy atom. The van der Waals surface area contributed by atoms with Gasteiger partial charge in [0.05, 0.1) is 16.7 Å². The van der Waals surface area contributed by atoms with Crippen molar-refractivity contribution in [3.05, 3.63) is 71.8 Å². The predicted octanol–water partition coefficient (Wildman–Crippen LogP) is 3.12. The Morgan fingerprint density at radius 2 is 1.79 bits per heavy atom. The van der Waals surface area contributed by atoms with Crippen LogP contribution in [0.1, 0.15) is 24.2 Å². The van der Waals surface area contributed by atoms with Gasteiger partial charge in [-0.1, -0.05) is 19.6 Å². The molecule has 3 aromatic rings. The number of nitrogen functional groups attached to an aromatic ring is 1. The van der Waals surface area contributed by atoms with Crippen LogP contribution in [0.5, 0.6) is 0 Å². The number of amides is 1. The summed E-state index contributed by atoms with van der Waals surface area (Å²) in [6.45, 7) is 0.942. The molecule has 2 aromatic carbocycles. The van der Waals surface area contributed by atoms with Crippen LogP contribution in [0.2, 0.25) is 0 Å². The van der Waals surface area contributed by atoms with Gasteiger partial charge < -0.3 is 21.7 Å². The lowest BCUT2D eigenvalue weighted by molar-refractivity contribution is 0.0941. The number of halogens is 3. The van der Waals surface area contributed by atoms with E-state index < -0.39 is 23.1 Å². The Kier molecular flexibility index (Phi) is 6.87. The smallest absolute Gasteiger partial charge is 0.254 e. The minimum atomic E-state index is -0.943. The van der Waals surface area contributed by atoms with E-state index in [1.54, 1.807) is 12.1 Å². The third-order valence-electron chi connectivity index (χ3n) is 5.45. The zero-order chi connectivity index (χ0) is 22.9. The maximum atomic E-state index is 13.9. The molecule has 1 amide bonds. The third kappa shape index (κ3) is 5.06. The lowest BCUT2D eigenvalue weighted by Crippen LogP contribution is -2.52. The number of nitrogens with two attached hydrogens (primary N) is 2. The van der Waals surface area contributed by atoms with Gasteiger partial charge in [-0.15, -0.1) is 0 Å². The quantitative estimate of drug-likeness (QED) is 0.542. The van der Waals surface area contributed by atoms with E-state index in [0.29, 0.717) is 42.5 Å². The zero-order valence-corrected chi connectivity index (χ0v) is 17.0. The first-order chi connectivity index (χ1) is 15.3. The van der Waals surface area contributed by atoms with Crippen LogP contribution >= 0.6 is 0 Å². The molecule has 4 rings (SSSR count). The highest BCUT2D eigenvalue weighted by atomic mass is 19.1.